The number of hydrogen-bond donors (Lipinski definition) is 2. The summed E-state index contributed by atoms with van der Waals surface area (Å²) in [4.78, 5) is 8.76. The molecule has 0 bridgehead atoms. The van der Waals surface area contributed by atoms with Crippen LogP contribution in [-0.2, 0) is 11.3 Å². The second-order valence-electron chi connectivity index (χ2n) is 4.19. The standard InChI is InChI=1S/C14H16BrClN4O/c1-3-21-8-14-19-12(17-2)7-13(20-14)18-11-5-4-9(15)6-10(11)16/h4-7H,3,8H2,1-2H3,(H2,17,18,19,20). The molecule has 1 aromatic carbocycles. The highest BCUT2D eigenvalue weighted by atomic mass is 79.9. The third-order valence-corrected chi connectivity index (χ3v) is 3.46. The van der Waals surface area contributed by atoms with Gasteiger partial charge in [0.2, 0.25) is 0 Å². The smallest absolute Gasteiger partial charge is 0.158 e. The maximum atomic E-state index is 6.20. The van der Waals surface area contributed by atoms with Gasteiger partial charge in [-0.15, -0.1) is 0 Å². The van der Waals surface area contributed by atoms with Gasteiger partial charge in [-0.1, -0.05) is 27.5 Å². The SMILES string of the molecule is CCOCc1nc(NC)cc(Nc2ccc(Br)cc2Cl)n1. The largest absolute Gasteiger partial charge is 0.374 e. The molecule has 0 unspecified atom stereocenters. The molecule has 0 fully saturated rings. The normalized spacial score (nSPS) is 10.5. The van der Waals surface area contributed by atoms with Crippen LogP contribution in [0.1, 0.15) is 12.7 Å². The Morgan fingerprint density at radius 3 is 2.67 bits per heavy atom. The summed E-state index contributed by atoms with van der Waals surface area (Å²) in [6.45, 7) is 2.92. The first-order chi connectivity index (χ1) is 10.1. The van der Waals surface area contributed by atoms with E-state index in [4.69, 9.17) is 16.3 Å². The lowest BCUT2D eigenvalue weighted by molar-refractivity contribution is 0.128. The Balaban J connectivity index is 2.25. The number of hydrogen-bond acceptors (Lipinski definition) is 5. The highest BCUT2D eigenvalue weighted by molar-refractivity contribution is 9.10. The lowest BCUT2D eigenvalue weighted by Crippen LogP contribution is -2.05. The van der Waals surface area contributed by atoms with Gasteiger partial charge in [-0.2, -0.15) is 0 Å². The van der Waals surface area contributed by atoms with Crippen molar-refractivity contribution in [2.75, 3.05) is 24.3 Å². The summed E-state index contributed by atoms with van der Waals surface area (Å²) in [6, 6.07) is 7.43. The first-order valence-corrected chi connectivity index (χ1v) is 7.65. The minimum absolute atomic E-state index is 0.370. The van der Waals surface area contributed by atoms with Crippen molar-refractivity contribution in [2.24, 2.45) is 0 Å². The van der Waals surface area contributed by atoms with E-state index in [1.807, 2.05) is 38.2 Å². The molecule has 0 saturated heterocycles. The number of rotatable bonds is 6. The molecule has 0 atom stereocenters. The summed E-state index contributed by atoms with van der Waals surface area (Å²) in [5.74, 6) is 1.99. The summed E-state index contributed by atoms with van der Waals surface area (Å²) in [5, 5.41) is 6.81. The molecule has 2 rings (SSSR count). The summed E-state index contributed by atoms with van der Waals surface area (Å²) in [6.07, 6.45) is 0. The van der Waals surface area contributed by atoms with Crippen molar-refractivity contribution in [2.45, 2.75) is 13.5 Å². The Bertz CT molecular complexity index is 624. The minimum Gasteiger partial charge on any atom is -0.374 e. The van der Waals surface area contributed by atoms with Gasteiger partial charge in [-0.25, -0.2) is 9.97 Å². The van der Waals surface area contributed by atoms with Gasteiger partial charge < -0.3 is 15.4 Å². The molecule has 2 N–H and O–H groups in total. The number of ether oxygens (including phenoxy) is 1. The Morgan fingerprint density at radius 1 is 1.24 bits per heavy atom. The summed E-state index contributed by atoms with van der Waals surface area (Å²) in [5.41, 5.74) is 0.781. The highest BCUT2D eigenvalue weighted by Crippen LogP contribution is 2.28. The zero-order chi connectivity index (χ0) is 15.2. The van der Waals surface area contributed by atoms with E-state index >= 15 is 0 Å². The lowest BCUT2D eigenvalue weighted by atomic mass is 10.3. The van der Waals surface area contributed by atoms with Crippen LogP contribution in [0.2, 0.25) is 5.02 Å². The van der Waals surface area contributed by atoms with Crippen molar-refractivity contribution in [3.8, 4) is 0 Å². The Morgan fingerprint density at radius 2 is 2.00 bits per heavy atom. The van der Waals surface area contributed by atoms with Gasteiger partial charge in [0.1, 0.15) is 18.2 Å². The number of nitrogens with zero attached hydrogens (tertiary/aromatic N) is 2. The van der Waals surface area contributed by atoms with Gasteiger partial charge >= 0.3 is 0 Å². The fourth-order valence-corrected chi connectivity index (χ4v) is 2.40. The van der Waals surface area contributed by atoms with Crippen LogP contribution in [0.25, 0.3) is 0 Å². The molecule has 7 heteroatoms. The number of benzene rings is 1. The molecule has 0 amide bonds. The van der Waals surface area contributed by atoms with Gasteiger partial charge in [0.25, 0.3) is 0 Å². The predicted octanol–water partition coefficient (Wildman–Crippen LogP) is 4.21. The van der Waals surface area contributed by atoms with E-state index < -0.39 is 0 Å². The van der Waals surface area contributed by atoms with Crippen LogP contribution in [0.3, 0.4) is 0 Å². The maximum Gasteiger partial charge on any atom is 0.158 e. The fraction of sp³-hybridized carbons (Fsp3) is 0.286. The van der Waals surface area contributed by atoms with Crippen LogP contribution in [0.5, 0.6) is 0 Å². The lowest BCUT2D eigenvalue weighted by Gasteiger charge is -2.11. The number of nitrogens with one attached hydrogen (secondary N) is 2. The molecule has 1 aromatic heterocycles. The predicted molar refractivity (Wildman–Crippen MR) is 89.3 cm³/mol. The summed E-state index contributed by atoms with van der Waals surface area (Å²) < 4.78 is 6.28. The molecule has 112 valence electrons. The molecule has 0 saturated carbocycles. The minimum atomic E-state index is 0.370. The van der Waals surface area contributed by atoms with Crippen LogP contribution in [0.4, 0.5) is 17.3 Å². The third-order valence-electron chi connectivity index (χ3n) is 2.66. The third kappa shape index (κ3) is 4.56. The zero-order valence-electron chi connectivity index (χ0n) is 11.8. The van der Waals surface area contributed by atoms with Crippen LogP contribution in [-0.4, -0.2) is 23.6 Å². The quantitative estimate of drug-likeness (QED) is 0.796. The topological polar surface area (TPSA) is 59.1 Å². The van der Waals surface area contributed by atoms with E-state index in [9.17, 15) is 0 Å². The average molecular weight is 372 g/mol. The van der Waals surface area contributed by atoms with Crippen molar-refractivity contribution >= 4 is 44.9 Å². The second kappa shape index (κ2) is 7.59. The molecule has 0 aliphatic rings. The molecule has 0 aliphatic carbocycles. The van der Waals surface area contributed by atoms with Crippen LogP contribution >= 0.6 is 27.5 Å². The van der Waals surface area contributed by atoms with Crippen molar-refractivity contribution in [3.05, 3.63) is 39.6 Å². The molecule has 21 heavy (non-hydrogen) atoms. The van der Waals surface area contributed by atoms with E-state index in [2.05, 4.69) is 36.5 Å². The Labute approximate surface area is 137 Å². The van der Waals surface area contributed by atoms with Gasteiger partial charge in [0, 0.05) is 24.2 Å². The van der Waals surface area contributed by atoms with Gasteiger partial charge in [0.05, 0.1) is 10.7 Å². The van der Waals surface area contributed by atoms with Crippen molar-refractivity contribution in [1.29, 1.82) is 0 Å². The average Bonchev–Trinajstić information content (AvgIpc) is 2.48. The first kappa shape index (κ1) is 16.0. The van der Waals surface area contributed by atoms with Crippen LogP contribution < -0.4 is 10.6 Å². The summed E-state index contributed by atoms with van der Waals surface area (Å²) >= 11 is 9.58. The fourth-order valence-electron chi connectivity index (χ4n) is 1.68. The van der Waals surface area contributed by atoms with Crippen LogP contribution in [0, 0.1) is 0 Å². The first-order valence-electron chi connectivity index (χ1n) is 6.48. The Kier molecular flexibility index (Phi) is 5.78. The van der Waals surface area contributed by atoms with Crippen molar-refractivity contribution in [3.63, 3.8) is 0 Å². The molecule has 0 radical (unpaired) electrons. The molecule has 0 spiro atoms. The van der Waals surface area contributed by atoms with E-state index in [1.165, 1.54) is 0 Å². The number of aromatic nitrogens is 2. The van der Waals surface area contributed by atoms with E-state index in [-0.39, 0.29) is 0 Å². The molecule has 1 heterocycles. The number of anilines is 3. The van der Waals surface area contributed by atoms with E-state index in [0.29, 0.717) is 29.9 Å². The Hall–Kier alpha value is -1.37. The monoisotopic (exact) mass is 370 g/mol. The van der Waals surface area contributed by atoms with Gasteiger partial charge in [0.15, 0.2) is 5.82 Å². The van der Waals surface area contributed by atoms with Crippen molar-refractivity contribution in [1.82, 2.24) is 9.97 Å². The zero-order valence-corrected chi connectivity index (χ0v) is 14.1. The van der Waals surface area contributed by atoms with Crippen molar-refractivity contribution < 1.29 is 4.74 Å². The molecule has 2 aromatic rings. The van der Waals surface area contributed by atoms with Crippen LogP contribution in [0.15, 0.2) is 28.7 Å². The summed E-state index contributed by atoms with van der Waals surface area (Å²) in [7, 11) is 1.81. The van der Waals surface area contributed by atoms with Gasteiger partial charge in [-0.05, 0) is 25.1 Å². The second-order valence-corrected chi connectivity index (χ2v) is 5.51. The molecule has 0 aliphatic heterocycles. The molecule has 5 nitrogen and oxygen atoms in total. The molecular formula is C14H16BrClN4O. The van der Waals surface area contributed by atoms with Gasteiger partial charge in [-0.3, -0.25) is 0 Å². The van der Waals surface area contributed by atoms with E-state index in [1.54, 1.807) is 0 Å². The maximum absolute atomic E-state index is 6.20. The van der Waals surface area contributed by atoms with E-state index in [0.717, 1.165) is 16.0 Å². The number of halogens is 2. The molecular weight excluding hydrogens is 356 g/mol. The highest BCUT2D eigenvalue weighted by Gasteiger charge is 2.07.